The number of benzene rings is 2. The number of halogens is 1. The minimum atomic E-state index is -4.01. The molecular formula is C20H19ClN2O5S. The summed E-state index contributed by atoms with van der Waals surface area (Å²) in [6, 6.07) is 12.6. The first-order valence-electron chi connectivity index (χ1n) is 9.00. The molecule has 1 saturated heterocycles. The van der Waals surface area contributed by atoms with Crippen molar-refractivity contribution < 1.29 is 23.4 Å². The Balaban J connectivity index is 1.88. The molecule has 0 amide bonds. The van der Waals surface area contributed by atoms with Crippen LogP contribution in [0.15, 0.2) is 69.6 Å². The lowest BCUT2D eigenvalue weighted by Gasteiger charge is -2.45. The molecule has 7 nitrogen and oxygen atoms in total. The highest BCUT2D eigenvalue weighted by Gasteiger charge is 2.46. The van der Waals surface area contributed by atoms with Gasteiger partial charge in [-0.25, -0.2) is 0 Å². The Morgan fingerprint density at radius 1 is 1.17 bits per heavy atom. The molecule has 1 aliphatic carbocycles. The molecule has 0 unspecified atom stereocenters. The summed E-state index contributed by atoms with van der Waals surface area (Å²) in [7, 11) is -4.01. The second kappa shape index (κ2) is 7.55. The van der Waals surface area contributed by atoms with Crippen LogP contribution in [0.25, 0.3) is 0 Å². The van der Waals surface area contributed by atoms with Gasteiger partial charge in [-0.05, 0) is 30.3 Å². The van der Waals surface area contributed by atoms with Gasteiger partial charge < -0.3 is 19.8 Å². The first-order chi connectivity index (χ1) is 13.8. The number of aliphatic hydroxyl groups excluding tert-OH is 1. The minimum Gasteiger partial charge on any atom is -0.395 e. The zero-order valence-corrected chi connectivity index (χ0v) is 16.9. The predicted octanol–water partition coefficient (Wildman–Crippen LogP) is 1.89. The van der Waals surface area contributed by atoms with Crippen molar-refractivity contribution in [3.8, 4) is 0 Å². The Kier molecular flexibility index (Phi) is 5.22. The number of hydrogen-bond donors (Lipinski definition) is 2. The van der Waals surface area contributed by atoms with Crippen molar-refractivity contribution in [3.63, 3.8) is 0 Å². The maximum absolute atomic E-state index is 12.9. The van der Waals surface area contributed by atoms with Crippen molar-refractivity contribution in [1.29, 1.82) is 0 Å². The maximum Gasteiger partial charge on any atom is 0.282 e. The summed E-state index contributed by atoms with van der Waals surface area (Å²) in [4.78, 5) is 1.78. The van der Waals surface area contributed by atoms with Gasteiger partial charge in [-0.2, -0.15) is 12.8 Å². The van der Waals surface area contributed by atoms with Gasteiger partial charge in [-0.1, -0.05) is 35.9 Å². The number of aliphatic hydroxyl groups is 2. The average Bonchev–Trinajstić information content (AvgIpc) is 2.70. The molecule has 1 heterocycles. The summed E-state index contributed by atoms with van der Waals surface area (Å²) >= 11 is 5.85. The van der Waals surface area contributed by atoms with Gasteiger partial charge in [0.05, 0.1) is 29.5 Å². The number of ether oxygens (including phenoxy) is 1. The Hall–Kier alpha value is -2.23. The van der Waals surface area contributed by atoms with Crippen LogP contribution in [0.1, 0.15) is 11.1 Å². The zero-order valence-electron chi connectivity index (χ0n) is 15.3. The SMILES string of the molecule is O=S(=O)(N=C1C=C2N(CCO)CCO[C@]2(O)c2ccccc21)c1ccc(Cl)cc1. The predicted molar refractivity (Wildman–Crippen MR) is 108 cm³/mol. The van der Waals surface area contributed by atoms with Gasteiger partial charge in [0.1, 0.15) is 0 Å². The number of fused-ring (bicyclic) bond motifs is 3. The molecule has 2 aliphatic rings. The van der Waals surface area contributed by atoms with Crippen LogP contribution >= 0.6 is 11.6 Å². The fourth-order valence-electron chi connectivity index (χ4n) is 3.54. The highest BCUT2D eigenvalue weighted by atomic mass is 35.5. The van der Waals surface area contributed by atoms with E-state index in [4.69, 9.17) is 16.3 Å². The van der Waals surface area contributed by atoms with Crippen molar-refractivity contribution in [1.82, 2.24) is 4.90 Å². The highest BCUT2D eigenvalue weighted by molar-refractivity contribution is 7.90. The molecule has 0 spiro atoms. The van der Waals surface area contributed by atoms with Crippen LogP contribution in [-0.2, 0) is 20.5 Å². The Morgan fingerprint density at radius 3 is 2.62 bits per heavy atom. The van der Waals surface area contributed by atoms with E-state index in [0.717, 1.165) is 0 Å². The minimum absolute atomic E-state index is 0.0122. The average molecular weight is 435 g/mol. The number of β-amino-alcohol motifs (C(OH)–C–C–N with tert-alkyl or cyclic N) is 1. The van der Waals surface area contributed by atoms with E-state index in [9.17, 15) is 18.6 Å². The number of rotatable bonds is 4. The van der Waals surface area contributed by atoms with E-state index < -0.39 is 15.8 Å². The molecule has 0 bridgehead atoms. The van der Waals surface area contributed by atoms with Gasteiger partial charge in [0, 0.05) is 29.2 Å². The number of sulfonamides is 1. The van der Waals surface area contributed by atoms with Gasteiger partial charge in [-0.15, -0.1) is 0 Å². The summed E-state index contributed by atoms with van der Waals surface area (Å²) in [6.45, 7) is 0.868. The van der Waals surface area contributed by atoms with E-state index in [2.05, 4.69) is 4.40 Å². The van der Waals surface area contributed by atoms with Gasteiger partial charge in [0.25, 0.3) is 10.0 Å². The molecule has 2 aromatic carbocycles. The third-order valence-corrected chi connectivity index (χ3v) is 6.46. The van der Waals surface area contributed by atoms with Crippen LogP contribution in [0, 0.1) is 0 Å². The molecule has 1 fully saturated rings. The van der Waals surface area contributed by atoms with E-state index in [1.165, 1.54) is 30.3 Å². The summed E-state index contributed by atoms with van der Waals surface area (Å²) in [5.41, 5.74) is 1.40. The van der Waals surface area contributed by atoms with Crippen molar-refractivity contribution in [2.75, 3.05) is 26.3 Å². The lowest BCUT2D eigenvalue weighted by molar-refractivity contribution is -0.219. The molecule has 9 heteroatoms. The van der Waals surface area contributed by atoms with Crippen LogP contribution < -0.4 is 0 Å². The molecule has 1 atom stereocenters. The second-order valence-corrected chi connectivity index (χ2v) is 8.72. The van der Waals surface area contributed by atoms with Crippen molar-refractivity contribution in [2.45, 2.75) is 10.7 Å². The zero-order chi connectivity index (χ0) is 20.6. The van der Waals surface area contributed by atoms with Gasteiger partial charge in [-0.3, -0.25) is 0 Å². The smallest absolute Gasteiger partial charge is 0.282 e. The van der Waals surface area contributed by atoms with Crippen LogP contribution in [-0.4, -0.2) is 55.5 Å². The van der Waals surface area contributed by atoms with Crippen LogP contribution in [0.2, 0.25) is 5.02 Å². The summed E-state index contributed by atoms with van der Waals surface area (Å²) in [5.74, 6) is -1.73. The quantitative estimate of drug-likeness (QED) is 0.762. The van der Waals surface area contributed by atoms with Crippen LogP contribution in [0.5, 0.6) is 0 Å². The molecular weight excluding hydrogens is 416 g/mol. The third kappa shape index (κ3) is 3.58. The van der Waals surface area contributed by atoms with E-state index in [1.54, 1.807) is 29.2 Å². The molecule has 2 N–H and O–H groups in total. The van der Waals surface area contributed by atoms with Gasteiger partial charge in [0.15, 0.2) is 0 Å². The monoisotopic (exact) mass is 434 g/mol. The Bertz CT molecular complexity index is 1100. The third-order valence-electron chi connectivity index (χ3n) is 4.90. The molecule has 152 valence electrons. The van der Waals surface area contributed by atoms with E-state index in [0.29, 0.717) is 28.4 Å². The Morgan fingerprint density at radius 2 is 1.90 bits per heavy atom. The van der Waals surface area contributed by atoms with Crippen molar-refractivity contribution in [3.05, 3.63) is 76.5 Å². The molecule has 0 aromatic heterocycles. The maximum atomic E-state index is 12.9. The number of morpholine rings is 1. The molecule has 0 saturated carbocycles. The first-order valence-corrected chi connectivity index (χ1v) is 10.8. The summed E-state index contributed by atoms with van der Waals surface area (Å²) in [5, 5.41) is 21.1. The fourth-order valence-corrected chi connectivity index (χ4v) is 4.66. The number of nitrogens with zero attached hydrogens (tertiary/aromatic N) is 2. The lowest BCUT2D eigenvalue weighted by Crippen LogP contribution is -2.50. The van der Waals surface area contributed by atoms with E-state index in [-0.39, 0.29) is 30.4 Å². The topological polar surface area (TPSA) is 99.4 Å². The molecule has 1 aliphatic heterocycles. The number of hydrogen-bond acceptors (Lipinski definition) is 6. The largest absolute Gasteiger partial charge is 0.395 e. The van der Waals surface area contributed by atoms with Crippen LogP contribution in [0.3, 0.4) is 0 Å². The first kappa shape index (κ1) is 20.1. The van der Waals surface area contributed by atoms with Gasteiger partial charge in [0.2, 0.25) is 5.79 Å². The van der Waals surface area contributed by atoms with E-state index in [1.807, 2.05) is 0 Å². The normalized spacial score (nSPS) is 22.8. The lowest BCUT2D eigenvalue weighted by atomic mass is 9.86. The van der Waals surface area contributed by atoms with Gasteiger partial charge >= 0.3 is 0 Å². The second-order valence-electron chi connectivity index (χ2n) is 6.68. The highest BCUT2D eigenvalue weighted by Crippen LogP contribution is 2.41. The van der Waals surface area contributed by atoms with Crippen LogP contribution in [0.4, 0.5) is 0 Å². The summed E-state index contributed by atoms with van der Waals surface area (Å²) in [6.07, 6.45) is 1.50. The summed E-state index contributed by atoms with van der Waals surface area (Å²) < 4.78 is 35.5. The Labute approximate surface area is 173 Å². The molecule has 29 heavy (non-hydrogen) atoms. The molecule has 2 aromatic rings. The van der Waals surface area contributed by atoms with Crippen molar-refractivity contribution in [2.24, 2.45) is 4.40 Å². The number of allylic oxidation sites excluding steroid dienone is 1. The van der Waals surface area contributed by atoms with E-state index >= 15 is 0 Å². The fraction of sp³-hybridized carbons (Fsp3) is 0.250. The molecule has 4 rings (SSSR count). The van der Waals surface area contributed by atoms with Crippen molar-refractivity contribution >= 4 is 27.3 Å². The standard InChI is InChI=1S/C20H19ClN2O5S/c21-14-5-7-15(8-6-14)29(26,27)22-18-13-19-20(25,17-4-2-1-3-16(17)18)28-12-10-23(19)9-11-24/h1-8,13,24-25H,9-12H2/t20-/m1/s1. The molecule has 0 radical (unpaired) electrons.